The van der Waals surface area contributed by atoms with Crippen molar-refractivity contribution >= 4 is 23.2 Å². The van der Waals surface area contributed by atoms with Crippen molar-refractivity contribution in [2.75, 3.05) is 13.7 Å². The molecule has 1 N–H and O–H groups in total. The van der Waals surface area contributed by atoms with Crippen LogP contribution in [-0.2, 0) is 0 Å². The Bertz CT molecular complexity index is 608. The number of nitrogens with zero attached hydrogens (tertiary/aromatic N) is 3. The van der Waals surface area contributed by atoms with E-state index in [1.54, 1.807) is 26.3 Å². The summed E-state index contributed by atoms with van der Waals surface area (Å²) in [6.07, 6.45) is 4.33. The smallest absolute Gasteiger partial charge is 0.283 e. The second-order valence-corrected chi connectivity index (χ2v) is 7.91. The molecular formula is C16H23N3O3S. The van der Waals surface area contributed by atoms with Crippen molar-refractivity contribution in [1.29, 1.82) is 0 Å². The van der Waals surface area contributed by atoms with Gasteiger partial charge in [-0.15, -0.1) is 11.3 Å². The zero-order valence-electron chi connectivity index (χ0n) is 13.8. The average Bonchev–Trinajstić information content (AvgIpc) is 3.27. The van der Waals surface area contributed by atoms with Gasteiger partial charge in [0.05, 0.1) is 12.1 Å². The summed E-state index contributed by atoms with van der Waals surface area (Å²) in [5.41, 5.74) is -0.298. The van der Waals surface area contributed by atoms with Gasteiger partial charge >= 0.3 is 0 Å². The van der Waals surface area contributed by atoms with Crippen LogP contribution in [0.25, 0.3) is 0 Å². The fourth-order valence-corrected chi connectivity index (χ4v) is 4.14. The Hall–Kier alpha value is -1.47. The minimum atomic E-state index is -0.666. The Morgan fingerprint density at radius 3 is 2.43 bits per heavy atom. The first-order valence-electron chi connectivity index (χ1n) is 8.02. The van der Waals surface area contributed by atoms with Crippen molar-refractivity contribution in [2.24, 2.45) is 0 Å². The Morgan fingerprint density at radius 1 is 1.35 bits per heavy atom. The Morgan fingerprint density at radius 2 is 1.91 bits per heavy atom. The van der Waals surface area contributed by atoms with E-state index in [2.05, 4.69) is 4.98 Å². The van der Waals surface area contributed by atoms with E-state index >= 15 is 0 Å². The molecule has 2 bridgehead atoms. The highest BCUT2D eigenvalue weighted by Gasteiger charge is 2.43. The van der Waals surface area contributed by atoms with Gasteiger partial charge in [0.25, 0.3) is 11.8 Å². The molecule has 6 nitrogen and oxygen atoms in total. The first kappa shape index (κ1) is 16.4. The van der Waals surface area contributed by atoms with Gasteiger partial charge in [-0.05, 0) is 39.5 Å². The number of fused-ring (bicyclic) bond motifs is 2. The minimum absolute atomic E-state index is 0.0469. The first-order valence-corrected chi connectivity index (χ1v) is 8.90. The van der Waals surface area contributed by atoms with Crippen LogP contribution in [0.4, 0.5) is 0 Å². The van der Waals surface area contributed by atoms with Gasteiger partial charge in [-0.1, -0.05) is 0 Å². The van der Waals surface area contributed by atoms with Gasteiger partial charge in [-0.3, -0.25) is 9.59 Å². The van der Waals surface area contributed by atoms with Crippen LogP contribution >= 0.6 is 11.3 Å². The van der Waals surface area contributed by atoms with E-state index in [0.717, 1.165) is 25.7 Å². The zero-order valence-corrected chi connectivity index (χ0v) is 14.6. The molecule has 1 aromatic heterocycles. The molecule has 1 aromatic rings. The molecule has 0 atom stereocenters. The number of carbonyl (C=O) groups is 2. The summed E-state index contributed by atoms with van der Waals surface area (Å²) in [5, 5.41) is 11.4. The van der Waals surface area contributed by atoms with E-state index in [-0.39, 0.29) is 18.4 Å². The lowest BCUT2D eigenvalue weighted by Crippen LogP contribution is -2.47. The number of aliphatic hydroxyl groups is 1. The highest BCUT2D eigenvalue weighted by atomic mass is 32.1. The molecule has 23 heavy (non-hydrogen) atoms. The molecule has 7 heteroatoms. The molecule has 3 rings (SSSR count). The molecule has 2 aliphatic heterocycles. The Kier molecular flexibility index (Phi) is 4.18. The van der Waals surface area contributed by atoms with E-state index in [4.69, 9.17) is 0 Å². The summed E-state index contributed by atoms with van der Waals surface area (Å²) in [6, 6.07) is 0.702. The highest BCUT2D eigenvalue weighted by molar-refractivity contribution is 7.11. The molecular weight excluding hydrogens is 314 g/mol. The highest BCUT2D eigenvalue weighted by Crippen LogP contribution is 2.38. The summed E-state index contributed by atoms with van der Waals surface area (Å²) in [5.74, 6) is -0.313. The van der Waals surface area contributed by atoms with Crippen LogP contribution in [0.2, 0.25) is 0 Å². The second kappa shape index (κ2) is 5.87. The molecule has 0 aromatic carbocycles. The van der Waals surface area contributed by atoms with Crippen molar-refractivity contribution in [3.8, 4) is 0 Å². The third-order valence-corrected chi connectivity index (χ3v) is 6.02. The normalized spacial score (nSPS) is 23.4. The molecule has 0 spiro atoms. The fraction of sp³-hybridized carbons (Fsp3) is 0.688. The van der Waals surface area contributed by atoms with Gasteiger partial charge < -0.3 is 14.9 Å². The van der Waals surface area contributed by atoms with Gasteiger partial charge in [0.15, 0.2) is 5.01 Å². The molecule has 126 valence electrons. The van der Waals surface area contributed by atoms with E-state index in [1.807, 2.05) is 4.90 Å². The number of likely N-dealkylation sites (N-methyl/N-ethyl adjacent to an activating group) is 1. The summed E-state index contributed by atoms with van der Waals surface area (Å²) < 4.78 is 0. The predicted molar refractivity (Wildman–Crippen MR) is 87.6 cm³/mol. The molecule has 0 saturated carbocycles. The van der Waals surface area contributed by atoms with Crippen LogP contribution in [0.3, 0.4) is 0 Å². The van der Waals surface area contributed by atoms with Crippen LogP contribution in [0.1, 0.15) is 59.8 Å². The number of hydrogen-bond donors (Lipinski definition) is 1. The van der Waals surface area contributed by atoms with Crippen LogP contribution in [-0.4, -0.2) is 63.0 Å². The standard InChI is InChI=1S/C16H23N3O3S/c1-16(2,9-20)18(3)15(22)13-17-12(8-23-13)14(21)19-10-4-5-11(19)7-6-10/h8,10-11,20H,4-7,9H2,1-3H3/t10-,11-. The Labute approximate surface area is 140 Å². The molecule has 3 heterocycles. The molecule has 0 unspecified atom stereocenters. The van der Waals surface area contributed by atoms with E-state index in [1.165, 1.54) is 16.2 Å². The maximum Gasteiger partial charge on any atom is 0.283 e. The third kappa shape index (κ3) is 2.76. The van der Waals surface area contributed by atoms with Crippen LogP contribution in [0.15, 0.2) is 5.38 Å². The van der Waals surface area contributed by atoms with Crippen LogP contribution < -0.4 is 0 Å². The van der Waals surface area contributed by atoms with E-state index < -0.39 is 5.54 Å². The summed E-state index contributed by atoms with van der Waals surface area (Å²) in [4.78, 5) is 32.9. The maximum absolute atomic E-state index is 12.7. The first-order chi connectivity index (χ1) is 10.8. The average molecular weight is 337 g/mol. The number of rotatable bonds is 4. The van der Waals surface area contributed by atoms with Crippen LogP contribution in [0.5, 0.6) is 0 Å². The molecule has 2 amide bonds. The summed E-state index contributed by atoms with van der Waals surface area (Å²) >= 11 is 1.19. The van der Waals surface area contributed by atoms with Crippen molar-refractivity contribution < 1.29 is 14.7 Å². The summed E-state index contributed by atoms with van der Waals surface area (Å²) in [6.45, 7) is 3.43. The van der Waals surface area contributed by atoms with Crippen LogP contribution in [0, 0.1) is 0 Å². The monoisotopic (exact) mass is 337 g/mol. The molecule has 0 aliphatic carbocycles. The lowest BCUT2D eigenvalue weighted by atomic mass is 10.0. The SMILES string of the molecule is CN(C(=O)c1nc(C(=O)N2[C@H]3CC[C@H]2CC3)cs1)C(C)(C)CO. The molecule has 2 fully saturated rings. The predicted octanol–water partition coefficient (Wildman–Crippen LogP) is 1.75. The van der Waals surface area contributed by atoms with Gasteiger partial charge in [-0.2, -0.15) is 0 Å². The molecule has 2 saturated heterocycles. The number of aromatic nitrogens is 1. The van der Waals surface area contributed by atoms with Gasteiger partial charge in [-0.25, -0.2) is 4.98 Å². The van der Waals surface area contributed by atoms with Crippen molar-refractivity contribution in [1.82, 2.24) is 14.8 Å². The van der Waals surface area contributed by atoms with Crippen molar-refractivity contribution in [2.45, 2.75) is 57.2 Å². The van der Waals surface area contributed by atoms with Gasteiger partial charge in [0.1, 0.15) is 5.69 Å². The number of carbonyl (C=O) groups excluding carboxylic acids is 2. The molecule has 0 radical (unpaired) electrons. The van der Waals surface area contributed by atoms with E-state index in [0.29, 0.717) is 22.8 Å². The second-order valence-electron chi connectivity index (χ2n) is 7.05. The van der Waals surface area contributed by atoms with E-state index in [9.17, 15) is 14.7 Å². The van der Waals surface area contributed by atoms with Crippen molar-refractivity contribution in [3.05, 3.63) is 16.1 Å². The van der Waals surface area contributed by atoms with Crippen molar-refractivity contribution in [3.63, 3.8) is 0 Å². The zero-order chi connectivity index (χ0) is 16.8. The quantitative estimate of drug-likeness (QED) is 0.908. The lowest BCUT2D eigenvalue weighted by Gasteiger charge is -2.33. The number of hydrogen-bond acceptors (Lipinski definition) is 5. The number of aliphatic hydroxyl groups excluding tert-OH is 1. The lowest BCUT2D eigenvalue weighted by molar-refractivity contribution is 0.0472. The largest absolute Gasteiger partial charge is 0.394 e. The number of thiazole rings is 1. The number of amides is 2. The molecule has 2 aliphatic rings. The Balaban J connectivity index is 1.76. The summed E-state index contributed by atoms with van der Waals surface area (Å²) in [7, 11) is 1.64. The van der Waals surface area contributed by atoms with Gasteiger partial charge in [0.2, 0.25) is 0 Å². The topological polar surface area (TPSA) is 73.7 Å². The third-order valence-electron chi connectivity index (χ3n) is 5.19. The maximum atomic E-state index is 12.7. The minimum Gasteiger partial charge on any atom is -0.394 e. The van der Waals surface area contributed by atoms with Gasteiger partial charge in [0, 0.05) is 24.5 Å². The fourth-order valence-electron chi connectivity index (χ4n) is 3.37.